The molecule has 0 unspecified atom stereocenters. The molecule has 0 amide bonds. The zero-order chi connectivity index (χ0) is 14.1. The van der Waals surface area contributed by atoms with Gasteiger partial charge in [0.15, 0.2) is 6.29 Å². The fourth-order valence-corrected chi connectivity index (χ4v) is 1.61. The topological polar surface area (TPSA) is 38.8 Å². The van der Waals surface area contributed by atoms with Gasteiger partial charge in [-0.1, -0.05) is 6.92 Å². The maximum absolute atomic E-state index is 11.0. The van der Waals surface area contributed by atoms with E-state index in [4.69, 9.17) is 9.47 Å². The van der Waals surface area contributed by atoms with Crippen molar-refractivity contribution in [2.45, 2.75) is 19.8 Å². The molecule has 0 heterocycles. The Balaban J connectivity index is 2.59. The van der Waals surface area contributed by atoms with Crippen LogP contribution in [-0.2, 0) is 0 Å². The fraction of sp³-hybridized carbons (Fsp3) is 0.533. The standard InChI is InChI=1S/C15H23NO3/c1-4-9-18-14-7-6-13(12-17)15(11-14)19-10-5-8-16(2)3/h6-7,11-12H,4-5,8-10H2,1-3H3. The normalized spacial score (nSPS) is 10.5. The molecule has 4 nitrogen and oxygen atoms in total. The van der Waals surface area contributed by atoms with Crippen LogP contribution in [0.5, 0.6) is 11.5 Å². The van der Waals surface area contributed by atoms with Crippen molar-refractivity contribution in [1.82, 2.24) is 4.90 Å². The summed E-state index contributed by atoms with van der Waals surface area (Å²) in [5.41, 5.74) is 0.564. The fourth-order valence-electron chi connectivity index (χ4n) is 1.61. The first-order valence-electron chi connectivity index (χ1n) is 6.67. The molecule has 106 valence electrons. The number of benzene rings is 1. The summed E-state index contributed by atoms with van der Waals surface area (Å²) in [5, 5.41) is 0. The molecule has 0 aliphatic heterocycles. The van der Waals surface area contributed by atoms with E-state index >= 15 is 0 Å². The monoisotopic (exact) mass is 265 g/mol. The minimum atomic E-state index is 0.564. The van der Waals surface area contributed by atoms with Gasteiger partial charge in [0.1, 0.15) is 11.5 Å². The molecule has 0 spiro atoms. The maximum Gasteiger partial charge on any atom is 0.153 e. The SMILES string of the molecule is CCCOc1ccc(C=O)c(OCCCN(C)C)c1. The van der Waals surface area contributed by atoms with Crippen molar-refractivity contribution in [2.75, 3.05) is 33.9 Å². The number of hydrogen-bond donors (Lipinski definition) is 0. The van der Waals surface area contributed by atoms with E-state index < -0.39 is 0 Å². The van der Waals surface area contributed by atoms with E-state index in [1.165, 1.54) is 0 Å². The number of aldehydes is 1. The van der Waals surface area contributed by atoms with E-state index in [0.717, 1.165) is 31.4 Å². The third kappa shape index (κ3) is 5.75. The van der Waals surface area contributed by atoms with Gasteiger partial charge in [-0.15, -0.1) is 0 Å². The second kappa shape index (κ2) is 8.53. The summed E-state index contributed by atoms with van der Waals surface area (Å²) < 4.78 is 11.2. The zero-order valence-corrected chi connectivity index (χ0v) is 12.0. The first kappa shape index (κ1) is 15.5. The Morgan fingerprint density at radius 3 is 2.63 bits per heavy atom. The predicted molar refractivity (Wildman–Crippen MR) is 76.3 cm³/mol. The summed E-state index contributed by atoms with van der Waals surface area (Å²) in [7, 11) is 4.05. The van der Waals surface area contributed by atoms with Crippen LogP contribution in [0.4, 0.5) is 0 Å². The van der Waals surface area contributed by atoms with Gasteiger partial charge in [-0.05, 0) is 39.1 Å². The maximum atomic E-state index is 11.0. The molecule has 0 bridgehead atoms. The van der Waals surface area contributed by atoms with Crippen LogP contribution in [0.25, 0.3) is 0 Å². The molecule has 0 saturated carbocycles. The number of hydrogen-bond acceptors (Lipinski definition) is 4. The van der Waals surface area contributed by atoms with Crippen molar-refractivity contribution in [3.63, 3.8) is 0 Å². The van der Waals surface area contributed by atoms with Crippen LogP contribution < -0.4 is 9.47 Å². The van der Waals surface area contributed by atoms with Crippen molar-refractivity contribution < 1.29 is 14.3 Å². The van der Waals surface area contributed by atoms with Gasteiger partial charge in [-0.3, -0.25) is 4.79 Å². The minimum Gasteiger partial charge on any atom is -0.493 e. The van der Waals surface area contributed by atoms with Gasteiger partial charge >= 0.3 is 0 Å². The molecule has 0 N–H and O–H groups in total. The van der Waals surface area contributed by atoms with Crippen molar-refractivity contribution in [3.8, 4) is 11.5 Å². The summed E-state index contributed by atoms with van der Waals surface area (Å²) in [4.78, 5) is 13.1. The molecule has 1 aromatic carbocycles. The molecular formula is C15H23NO3. The third-order valence-corrected chi connectivity index (χ3v) is 2.59. The summed E-state index contributed by atoms with van der Waals surface area (Å²) in [6.07, 6.45) is 2.69. The summed E-state index contributed by atoms with van der Waals surface area (Å²) in [6, 6.07) is 5.32. The Morgan fingerprint density at radius 1 is 1.21 bits per heavy atom. The molecule has 0 atom stereocenters. The lowest BCUT2D eigenvalue weighted by Gasteiger charge is -2.13. The Bertz CT molecular complexity index is 391. The molecule has 1 aromatic rings. The number of nitrogens with zero attached hydrogens (tertiary/aromatic N) is 1. The molecule has 0 aliphatic rings. The average molecular weight is 265 g/mol. The van der Waals surface area contributed by atoms with Gasteiger partial charge in [0.05, 0.1) is 18.8 Å². The van der Waals surface area contributed by atoms with Gasteiger partial charge in [-0.25, -0.2) is 0 Å². The number of ether oxygens (including phenoxy) is 2. The predicted octanol–water partition coefficient (Wildman–Crippen LogP) is 2.62. The zero-order valence-electron chi connectivity index (χ0n) is 12.0. The molecule has 0 aliphatic carbocycles. The second-order valence-corrected chi connectivity index (χ2v) is 4.67. The second-order valence-electron chi connectivity index (χ2n) is 4.67. The lowest BCUT2D eigenvalue weighted by molar-refractivity contribution is 0.111. The molecular weight excluding hydrogens is 242 g/mol. The lowest BCUT2D eigenvalue weighted by atomic mass is 10.2. The van der Waals surface area contributed by atoms with E-state index in [-0.39, 0.29) is 0 Å². The van der Waals surface area contributed by atoms with Crippen LogP contribution in [-0.4, -0.2) is 45.0 Å². The van der Waals surface area contributed by atoms with E-state index in [1.807, 2.05) is 14.1 Å². The van der Waals surface area contributed by atoms with Gasteiger partial charge in [0.2, 0.25) is 0 Å². The number of carbonyl (C=O) groups is 1. The first-order chi connectivity index (χ1) is 9.17. The molecule has 0 radical (unpaired) electrons. The highest BCUT2D eigenvalue weighted by atomic mass is 16.5. The van der Waals surface area contributed by atoms with E-state index in [2.05, 4.69) is 11.8 Å². The first-order valence-corrected chi connectivity index (χ1v) is 6.67. The van der Waals surface area contributed by atoms with Crippen LogP contribution in [0.15, 0.2) is 18.2 Å². The van der Waals surface area contributed by atoms with Crippen molar-refractivity contribution in [3.05, 3.63) is 23.8 Å². The molecule has 1 rings (SSSR count). The van der Waals surface area contributed by atoms with E-state index in [0.29, 0.717) is 24.5 Å². The highest BCUT2D eigenvalue weighted by Gasteiger charge is 2.05. The minimum absolute atomic E-state index is 0.564. The van der Waals surface area contributed by atoms with Crippen LogP contribution in [0.1, 0.15) is 30.1 Å². The van der Waals surface area contributed by atoms with Crippen LogP contribution in [0.3, 0.4) is 0 Å². The summed E-state index contributed by atoms with van der Waals surface area (Å²) in [6.45, 7) is 4.28. The van der Waals surface area contributed by atoms with Gasteiger partial charge in [0, 0.05) is 12.6 Å². The Hall–Kier alpha value is -1.55. The molecule has 0 fully saturated rings. The highest BCUT2D eigenvalue weighted by Crippen LogP contribution is 2.24. The third-order valence-electron chi connectivity index (χ3n) is 2.59. The van der Waals surface area contributed by atoms with E-state index in [1.54, 1.807) is 18.2 Å². The quantitative estimate of drug-likeness (QED) is 0.508. The van der Waals surface area contributed by atoms with Crippen LogP contribution in [0, 0.1) is 0 Å². The largest absolute Gasteiger partial charge is 0.493 e. The Kier molecular flexibility index (Phi) is 6.97. The smallest absolute Gasteiger partial charge is 0.153 e. The Morgan fingerprint density at radius 2 is 2.00 bits per heavy atom. The lowest BCUT2D eigenvalue weighted by Crippen LogP contribution is -2.15. The summed E-state index contributed by atoms with van der Waals surface area (Å²) >= 11 is 0. The van der Waals surface area contributed by atoms with Crippen LogP contribution >= 0.6 is 0 Å². The molecule has 0 aromatic heterocycles. The molecule has 19 heavy (non-hydrogen) atoms. The Labute approximate surface area is 115 Å². The average Bonchev–Trinajstić information content (AvgIpc) is 2.41. The van der Waals surface area contributed by atoms with Gasteiger partial charge in [0.25, 0.3) is 0 Å². The van der Waals surface area contributed by atoms with Gasteiger partial charge in [-0.2, -0.15) is 0 Å². The molecule has 4 heteroatoms. The summed E-state index contributed by atoms with van der Waals surface area (Å²) in [5.74, 6) is 1.34. The van der Waals surface area contributed by atoms with Crippen molar-refractivity contribution >= 4 is 6.29 Å². The highest BCUT2D eigenvalue weighted by molar-refractivity contribution is 5.79. The number of rotatable bonds is 9. The van der Waals surface area contributed by atoms with Gasteiger partial charge < -0.3 is 14.4 Å². The molecule has 0 saturated heterocycles. The van der Waals surface area contributed by atoms with Crippen LogP contribution in [0.2, 0.25) is 0 Å². The van der Waals surface area contributed by atoms with Crippen molar-refractivity contribution in [1.29, 1.82) is 0 Å². The van der Waals surface area contributed by atoms with E-state index in [9.17, 15) is 4.79 Å². The van der Waals surface area contributed by atoms with Crippen molar-refractivity contribution in [2.24, 2.45) is 0 Å². The number of carbonyl (C=O) groups excluding carboxylic acids is 1.